The highest BCUT2D eigenvalue weighted by molar-refractivity contribution is 5.95. The molecule has 33 heavy (non-hydrogen) atoms. The topological polar surface area (TPSA) is 99.9 Å². The lowest BCUT2D eigenvalue weighted by Gasteiger charge is -2.29. The monoisotopic (exact) mass is 440 g/mol. The van der Waals surface area contributed by atoms with Crippen molar-refractivity contribution in [2.24, 2.45) is 0 Å². The Morgan fingerprint density at radius 2 is 1.88 bits per heavy atom. The zero-order valence-corrected chi connectivity index (χ0v) is 18.9. The van der Waals surface area contributed by atoms with Crippen LogP contribution >= 0.6 is 0 Å². The van der Waals surface area contributed by atoms with Crippen molar-refractivity contribution in [1.29, 1.82) is 0 Å². The lowest BCUT2D eigenvalue weighted by molar-refractivity contribution is 0.255. The smallest absolute Gasteiger partial charge is 0.259 e. The molecule has 4 N–H and O–H groups in total. The third-order valence-corrected chi connectivity index (χ3v) is 6.53. The van der Waals surface area contributed by atoms with Gasteiger partial charge in [-0.1, -0.05) is 12.1 Å². The van der Waals surface area contributed by atoms with Crippen LogP contribution in [0.2, 0.25) is 0 Å². The van der Waals surface area contributed by atoms with Crippen LogP contribution in [0.4, 0.5) is 17.3 Å². The van der Waals surface area contributed by atoms with Crippen molar-refractivity contribution in [2.45, 2.75) is 25.7 Å². The first-order chi connectivity index (χ1) is 16.0. The Balaban J connectivity index is 1.51. The van der Waals surface area contributed by atoms with Crippen molar-refractivity contribution in [2.75, 3.05) is 31.2 Å². The molecule has 7 nitrogen and oxygen atoms in total. The van der Waals surface area contributed by atoms with E-state index in [1.807, 2.05) is 25.1 Å². The first-order valence-corrected chi connectivity index (χ1v) is 11.3. The number of H-pyrrole nitrogens is 1. The normalized spacial score (nSPS) is 15.1. The van der Waals surface area contributed by atoms with Gasteiger partial charge in [-0.3, -0.25) is 4.79 Å². The highest BCUT2D eigenvalue weighted by Gasteiger charge is 2.18. The minimum Gasteiger partial charge on any atom is -0.384 e. The Bertz CT molecular complexity index is 1350. The van der Waals surface area contributed by atoms with Crippen molar-refractivity contribution >= 4 is 28.1 Å². The summed E-state index contributed by atoms with van der Waals surface area (Å²) in [6.07, 6.45) is 5.75. The number of aromatic amines is 1. The van der Waals surface area contributed by atoms with Crippen LogP contribution in [0.1, 0.15) is 29.9 Å². The fourth-order valence-corrected chi connectivity index (χ4v) is 4.61. The van der Waals surface area contributed by atoms with Crippen LogP contribution in [0.3, 0.4) is 0 Å². The summed E-state index contributed by atoms with van der Waals surface area (Å²) in [7, 11) is 2.18. The van der Waals surface area contributed by atoms with Crippen LogP contribution < -0.4 is 16.6 Å². The molecule has 1 fully saturated rings. The van der Waals surface area contributed by atoms with Gasteiger partial charge in [-0.15, -0.1) is 0 Å². The minimum absolute atomic E-state index is 0.177. The summed E-state index contributed by atoms with van der Waals surface area (Å²) < 4.78 is 0. The van der Waals surface area contributed by atoms with E-state index in [9.17, 15) is 4.79 Å². The predicted octanol–water partition coefficient (Wildman–Crippen LogP) is 4.43. The maximum absolute atomic E-state index is 12.7. The van der Waals surface area contributed by atoms with Crippen molar-refractivity contribution < 1.29 is 0 Å². The number of piperidine rings is 1. The van der Waals surface area contributed by atoms with Gasteiger partial charge in [0.15, 0.2) is 0 Å². The van der Waals surface area contributed by atoms with E-state index in [1.54, 1.807) is 12.4 Å². The standard InChI is InChI=1S/C26H28N6O/c1-16-13-23(27)29-15-21(16)22-14-19-7-10-28-26(33)24(19)25(31-22)30-20-5-3-17(4-6-20)18-8-11-32(2)12-9-18/h3-7,10,13-15,18H,8-9,11-12H2,1-2H3,(H2,27,29)(H,28,33)(H,30,31). The Morgan fingerprint density at radius 3 is 2.61 bits per heavy atom. The molecule has 0 atom stereocenters. The fourth-order valence-electron chi connectivity index (χ4n) is 4.61. The quantitative estimate of drug-likeness (QED) is 0.434. The summed E-state index contributed by atoms with van der Waals surface area (Å²) in [5.41, 5.74) is 10.5. The highest BCUT2D eigenvalue weighted by atomic mass is 16.1. The fraction of sp³-hybridized carbons (Fsp3) is 0.269. The van der Waals surface area contributed by atoms with Crippen LogP contribution in [-0.2, 0) is 0 Å². The third-order valence-electron chi connectivity index (χ3n) is 6.53. The molecule has 0 unspecified atom stereocenters. The number of rotatable bonds is 4. The minimum atomic E-state index is -0.177. The summed E-state index contributed by atoms with van der Waals surface area (Å²) in [6, 6.07) is 14.1. The molecule has 1 aromatic carbocycles. The molecule has 1 aliphatic rings. The molecule has 4 heterocycles. The van der Waals surface area contributed by atoms with E-state index in [4.69, 9.17) is 10.7 Å². The Morgan fingerprint density at radius 1 is 1.12 bits per heavy atom. The maximum Gasteiger partial charge on any atom is 0.259 e. The number of pyridine rings is 3. The summed E-state index contributed by atoms with van der Waals surface area (Å²) in [5.74, 6) is 1.59. The van der Waals surface area contributed by atoms with Gasteiger partial charge < -0.3 is 20.9 Å². The molecule has 0 bridgehead atoms. The molecule has 7 heteroatoms. The molecular weight excluding hydrogens is 412 g/mol. The van der Waals surface area contributed by atoms with Gasteiger partial charge in [0.05, 0.1) is 11.1 Å². The number of nitrogens with two attached hydrogens (primary N) is 1. The van der Waals surface area contributed by atoms with Crippen LogP contribution in [0.25, 0.3) is 22.0 Å². The number of nitrogens with one attached hydrogen (secondary N) is 2. The maximum atomic E-state index is 12.7. The molecule has 0 saturated carbocycles. The van der Waals surface area contributed by atoms with Crippen LogP contribution in [-0.4, -0.2) is 40.0 Å². The highest BCUT2D eigenvalue weighted by Crippen LogP contribution is 2.31. The molecule has 0 radical (unpaired) electrons. The first kappa shape index (κ1) is 21.2. The van der Waals surface area contributed by atoms with Crippen LogP contribution in [0, 0.1) is 6.92 Å². The lowest BCUT2D eigenvalue weighted by Crippen LogP contribution is -2.29. The third kappa shape index (κ3) is 4.32. The molecule has 0 amide bonds. The van der Waals surface area contributed by atoms with Gasteiger partial charge in [0.25, 0.3) is 5.56 Å². The molecule has 1 aliphatic heterocycles. The molecule has 5 rings (SSSR count). The number of hydrogen-bond donors (Lipinski definition) is 3. The summed E-state index contributed by atoms with van der Waals surface area (Å²) in [5, 5.41) is 4.72. The van der Waals surface area contributed by atoms with E-state index >= 15 is 0 Å². The largest absolute Gasteiger partial charge is 0.384 e. The van der Waals surface area contributed by atoms with Gasteiger partial charge in [-0.05, 0) is 92.7 Å². The van der Waals surface area contributed by atoms with Gasteiger partial charge in [0.2, 0.25) is 0 Å². The van der Waals surface area contributed by atoms with Crippen molar-refractivity contribution in [3.63, 3.8) is 0 Å². The Kier molecular flexibility index (Phi) is 5.56. The van der Waals surface area contributed by atoms with Gasteiger partial charge in [-0.2, -0.15) is 0 Å². The van der Waals surface area contributed by atoms with Gasteiger partial charge >= 0.3 is 0 Å². The van der Waals surface area contributed by atoms with Gasteiger partial charge in [-0.25, -0.2) is 9.97 Å². The molecule has 0 aliphatic carbocycles. The molecule has 1 saturated heterocycles. The average molecular weight is 441 g/mol. The SMILES string of the molecule is Cc1cc(N)ncc1-c1cc2cc[nH]c(=O)c2c(Nc2ccc(C3CCN(C)CC3)cc2)n1. The average Bonchev–Trinajstić information content (AvgIpc) is 2.80. The molecular formula is C26H28N6O. The molecule has 168 valence electrons. The summed E-state index contributed by atoms with van der Waals surface area (Å²) >= 11 is 0. The number of aromatic nitrogens is 3. The van der Waals surface area contributed by atoms with Crippen LogP contribution in [0.15, 0.2) is 59.7 Å². The van der Waals surface area contributed by atoms with E-state index < -0.39 is 0 Å². The van der Waals surface area contributed by atoms with Crippen molar-refractivity contribution in [3.05, 3.63) is 76.3 Å². The summed E-state index contributed by atoms with van der Waals surface area (Å²) in [6.45, 7) is 4.25. The summed E-state index contributed by atoms with van der Waals surface area (Å²) in [4.78, 5) is 26.9. The Hall–Kier alpha value is -3.71. The van der Waals surface area contributed by atoms with E-state index in [2.05, 4.69) is 51.5 Å². The number of aryl methyl sites for hydroxylation is 1. The second-order valence-corrected chi connectivity index (χ2v) is 8.88. The Labute approximate surface area is 192 Å². The van der Waals surface area contributed by atoms with Gasteiger partial charge in [0, 0.05) is 23.6 Å². The molecule has 3 aromatic heterocycles. The van der Waals surface area contributed by atoms with E-state index in [1.165, 1.54) is 18.4 Å². The number of hydrogen-bond acceptors (Lipinski definition) is 6. The number of benzene rings is 1. The second-order valence-electron chi connectivity index (χ2n) is 8.88. The zero-order chi connectivity index (χ0) is 22.9. The van der Waals surface area contributed by atoms with E-state index in [0.717, 1.165) is 41.0 Å². The number of likely N-dealkylation sites (tertiary alicyclic amines) is 1. The molecule has 0 spiro atoms. The number of nitrogens with zero attached hydrogens (tertiary/aromatic N) is 3. The van der Waals surface area contributed by atoms with Crippen molar-refractivity contribution in [3.8, 4) is 11.3 Å². The molecule has 4 aromatic rings. The first-order valence-electron chi connectivity index (χ1n) is 11.3. The van der Waals surface area contributed by atoms with Gasteiger partial charge in [0.1, 0.15) is 11.6 Å². The second kappa shape index (κ2) is 8.67. The number of fused-ring (bicyclic) bond motifs is 1. The lowest BCUT2D eigenvalue weighted by atomic mass is 9.89. The predicted molar refractivity (Wildman–Crippen MR) is 134 cm³/mol. The van der Waals surface area contributed by atoms with Crippen LogP contribution in [0.5, 0.6) is 0 Å². The van der Waals surface area contributed by atoms with E-state index in [-0.39, 0.29) is 5.56 Å². The number of anilines is 3. The van der Waals surface area contributed by atoms with Crippen molar-refractivity contribution in [1.82, 2.24) is 19.9 Å². The zero-order valence-electron chi connectivity index (χ0n) is 18.9. The van der Waals surface area contributed by atoms with E-state index in [0.29, 0.717) is 22.9 Å². The number of nitrogen functional groups attached to an aromatic ring is 1.